The van der Waals surface area contributed by atoms with Gasteiger partial charge < -0.3 is 9.97 Å². The largest absolute Gasteiger partial charge is 0.358 e. The maximum Gasteiger partial charge on any atom is 0.0456 e. The van der Waals surface area contributed by atoms with Crippen molar-refractivity contribution >= 4 is 21.8 Å². The van der Waals surface area contributed by atoms with Crippen molar-refractivity contribution in [1.82, 2.24) is 9.97 Å². The second-order valence-corrected chi connectivity index (χ2v) is 5.62. The number of aryl methyl sites for hydroxylation is 2. The Bertz CT molecular complexity index is 743. The zero-order valence-electron chi connectivity index (χ0n) is 11.9. The minimum absolute atomic E-state index is 1.09. The van der Waals surface area contributed by atoms with E-state index in [1.807, 2.05) is 0 Å². The molecule has 0 fully saturated rings. The maximum atomic E-state index is 3.50. The van der Waals surface area contributed by atoms with Crippen LogP contribution in [0.15, 0.2) is 60.7 Å². The third-order valence-electron chi connectivity index (χ3n) is 4.06. The first-order valence-corrected chi connectivity index (χ1v) is 7.52. The van der Waals surface area contributed by atoms with Gasteiger partial charge in [0.2, 0.25) is 0 Å². The highest BCUT2D eigenvalue weighted by Gasteiger charge is 2.02. The minimum Gasteiger partial charge on any atom is -0.358 e. The van der Waals surface area contributed by atoms with Crippen LogP contribution < -0.4 is 0 Å². The van der Waals surface area contributed by atoms with Gasteiger partial charge in [0, 0.05) is 22.4 Å². The van der Waals surface area contributed by atoms with Crippen LogP contribution >= 0.6 is 0 Å². The summed E-state index contributed by atoms with van der Waals surface area (Å²) in [7, 11) is 0. The van der Waals surface area contributed by atoms with E-state index in [2.05, 4.69) is 70.6 Å². The molecule has 4 aromatic rings. The van der Waals surface area contributed by atoms with Crippen LogP contribution in [0.1, 0.15) is 17.8 Å². The van der Waals surface area contributed by atoms with Gasteiger partial charge in [-0.25, -0.2) is 0 Å². The third kappa shape index (κ3) is 2.45. The van der Waals surface area contributed by atoms with Gasteiger partial charge in [0.15, 0.2) is 0 Å². The summed E-state index contributed by atoms with van der Waals surface area (Å²) in [6.45, 7) is 0. The molecule has 0 bridgehead atoms. The highest BCUT2D eigenvalue weighted by molar-refractivity contribution is 5.80. The summed E-state index contributed by atoms with van der Waals surface area (Å²) in [5.74, 6) is 0. The van der Waals surface area contributed by atoms with Crippen LogP contribution in [0.25, 0.3) is 21.8 Å². The molecule has 4 rings (SSSR count). The highest BCUT2D eigenvalue weighted by Crippen LogP contribution is 2.18. The molecule has 0 spiro atoms. The SMILES string of the molecule is c1ccc2[nH]c(CCCc3cc4ccccc4[nH]3)cc2c1. The zero-order chi connectivity index (χ0) is 14.1. The smallest absolute Gasteiger partial charge is 0.0456 e. The standard InChI is InChI=1S/C19H18N2/c1-3-10-18-14(6-1)12-16(20-18)8-5-9-17-13-15-7-2-4-11-19(15)21-17/h1-4,6-7,10-13,20-21H,5,8-9H2. The van der Waals surface area contributed by atoms with Crippen molar-refractivity contribution in [2.75, 3.05) is 0 Å². The molecule has 0 aliphatic rings. The summed E-state index contributed by atoms with van der Waals surface area (Å²) in [5.41, 5.74) is 5.12. The average Bonchev–Trinajstić information content (AvgIpc) is 3.09. The first-order chi connectivity index (χ1) is 10.4. The number of rotatable bonds is 4. The van der Waals surface area contributed by atoms with Crippen molar-refractivity contribution in [3.8, 4) is 0 Å². The molecule has 0 aliphatic heterocycles. The number of para-hydroxylation sites is 2. The fourth-order valence-electron chi connectivity index (χ4n) is 3.01. The van der Waals surface area contributed by atoms with Crippen LogP contribution in [-0.2, 0) is 12.8 Å². The van der Waals surface area contributed by atoms with E-state index in [4.69, 9.17) is 0 Å². The van der Waals surface area contributed by atoms with Crippen molar-refractivity contribution in [2.45, 2.75) is 19.3 Å². The number of fused-ring (bicyclic) bond motifs is 2. The van der Waals surface area contributed by atoms with Gasteiger partial charge in [-0.3, -0.25) is 0 Å². The summed E-state index contributed by atoms with van der Waals surface area (Å²) < 4.78 is 0. The highest BCUT2D eigenvalue weighted by atomic mass is 14.7. The molecule has 0 radical (unpaired) electrons. The summed E-state index contributed by atoms with van der Waals surface area (Å²) in [4.78, 5) is 7.00. The Hall–Kier alpha value is -2.48. The van der Waals surface area contributed by atoms with E-state index in [0.29, 0.717) is 0 Å². The molecule has 0 aliphatic carbocycles. The number of aromatic nitrogens is 2. The van der Waals surface area contributed by atoms with Crippen molar-refractivity contribution in [3.63, 3.8) is 0 Å². The summed E-state index contributed by atoms with van der Waals surface area (Å²) in [6.07, 6.45) is 3.33. The molecule has 2 heteroatoms. The van der Waals surface area contributed by atoms with E-state index < -0.39 is 0 Å². The lowest BCUT2D eigenvalue weighted by Crippen LogP contribution is -1.90. The number of aromatic amines is 2. The topological polar surface area (TPSA) is 31.6 Å². The van der Waals surface area contributed by atoms with Gasteiger partial charge in [-0.2, -0.15) is 0 Å². The van der Waals surface area contributed by atoms with Crippen molar-refractivity contribution in [3.05, 3.63) is 72.1 Å². The molecule has 0 saturated heterocycles. The van der Waals surface area contributed by atoms with Gasteiger partial charge in [-0.15, -0.1) is 0 Å². The molecule has 104 valence electrons. The molecule has 2 aromatic heterocycles. The molecule has 21 heavy (non-hydrogen) atoms. The van der Waals surface area contributed by atoms with Gasteiger partial charge in [-0.1, -0.05) is 36.4 Å². The van der Waals surface area contributed by atoms with Crippen LogP contribution in [0.5, 0.6) is 0 Å². The summed E-state index contributed by atoms with van der Waals surface area (Å²) >= 11 is 0. The predicted molar refractivity (Wildman–Crippen MR) is 88.6 cm³/mol. The Morgan fingerprint density at radius 2 is 1.10 bits per heavy atom. The number of benzene rings is 2. The molecular formula is C19H18N2. The maximum absolute atomic E-state index is 3.50. The van der Waals surface area contributed by atoms with Gasteiger partial charge >= 0.3 is 0 Å². The molecule has 2 heterocycles. The Morgan fingerprint density at radius 1 is 0.619 bits per heavy atom. The molecule has 0 atom stereocenters. The lowest BCUT2D eigenvalue weighted by atomic mass is 10.1. The van der Waals surface area contributed by atoms with Gasteiger partial charge in [-0.05, 0) is 54.3 Å². The summed E-state index contributed by atoms with van der Waals surface area (Å²) in [5, 5.41) is 2.61. The molecule has 2 aromatic carbocycles. The van der Waals surface area contributed by atoms with E-state index in [-0.39, 0.29) is 0 Å². The normalized spacial score (nSPS) is 11.4. The van der Waals surface area contributed by atoms with Crippen molar-refractivity contribution in [1.29, 1.82) is 0 Å². The fourth-order valence-corrected chi connectivity index (χ4v) is 3.01. The first-order valence-electron chi connectivity index (χ1n) is 7.52. The van der Waals surface area contributed by atoms with Crippen LogP contribution in [-0.4, -0.2) is 9.97 Å². The number of nitrogens with one attached hydrogen (secondary N) is 2. The Kier molecular flexibility index (Phi) is 3.00. The lowest BCUT2D eigenvalue weighted by Gasteiger charge is -1.97. The zero-order valence-corrected chi connectivity index (χ0v) is 11.9. The van der Waals surface area contributed by atoms with Crippen LogP contribution in [0.3, 0.4) is 0 Å². The van der Waals surface area contributed by atoms with Crippen LogP contribution in [0.2, 0.25) is 0 Å². The van der Waals surface area contributed by atoms with Gasteiger partial charge in [0.05, 0.1) is 0 Å². The predicted octanol–water partition coefficient (Wildman–Crippen LogP) is 4.82. The van der Waals surface area contributed by atoms with Crippen LogP contribution in [0.4, 0.5) is 0 Å². The Labute approximate surface area is 123 Å². The van der Waals surface area contributed by atoms with E-state index in [1.54, 1.807) is 0 Å². The lowest BCUT2D eigenvalue weighted by molar-refractivity contribution is 0.793. The van der Waals surface area contributed by atoms with Crippen molar-refractivity contribution < 1.29 is 0 Å². The average molecular weight is 274 g/mol. The summed E-state index contributed by atoms with van der Waals surface area (Å²) in [6, 6.07) is 21.4. The van der Waals surface area contributed by atoms with Gasteiger partial charge in [0.1, 0.15) is 0 Å². The number of hydrogen-bond acceptors (Lipinski definition) is 0. The number of H-pyrrole nitrogens is 2. The molecule has 0 unspecified atom stereocenters. The second kappa shape index (κ2) is 5.13. The first kappa shape index (κ1) is 12.3. The quantitative estimate of drug-likeness (QED) is 0.534. The van der Waals surface area contributed by atoms with E-state index in [1.165, 1.54) is 33.2 Å². The molecule has 0 amide bonds. The second-order valence-electron chi connectivity index (χ2n) is 5.62. The van der Waals surface area contributed by atoms with E-state index in [0.717, 1.165) is 19.3 Å². The molecular weight excluding hydrogens is 256 g/mol. The monoisotopic (exact) mass is 274 g/mol. The van der Waals surface area contributed by atoms with Crippen LogP contribution in [0, 0.1) is 0 Å². The molecule has 2 N–H and O–H groups in total. The van der Waals surface area contributed by atoms with E-state index in [9.17, 15) is 0 Å². The van der Waals surface area contributed by atoms with Crippen molar-refractivity contribution in [2.24, 2.45) is 0 Å². The fraction of sp³-hybridized carbons (Fsp3) is 0.158. The number of hydrogen-bond donors (Lipinski definition) is 2. The van der Waals surface area contributed by atoms with E-state index >= 15 is 0 Å². The molecule has 0 saturated carbocycles. The minimum atomic E-state index is 1.09. The Balaban J connectivity index is 1.44. The Morgan fingerprint density at radius 3 is 1.57 bits per heavy atom. The third-order valence-corrected chi connectivity index (χ3v) is 4.06. The molecule has 2 nitrogen and oxygen atoms in total. The van der Waals surface area contributed by atoms with Gasteiger partial charge in [0.25, 0.3) is 0 Å².